The third kappa shape index (κ3) is 5.08. The van der Waals surface area contributed by atoms with Gasteiger partial charge in [0, 0.05) is 30.7 Å². The molecule has 218 valence electrons. The summed E-state index contributed by atoms with van der Waals surface area (Å²) in [6, 6.07) is 24.5. The standard InChI is InChI=1S/C32H35N5O4S/c1-21-34-28-9-5-6-10-30(28)37(21)26-17-24-11-12-25(18-26)36(24)16-15-23(22-7-3-2-4-8-22)20-33-42(39,40)27-13-14-29-31(19-27)41-32(38)35-29/h2-10,13-14,19,23-26,33H,11-12,15-18,20H2,1H3,(H,35,38)/t23?,24-,25+,26?. The second-order valence-electron chi connectivity index (χ2n) is 11.7. The predicted octanol–water partition coefficient (Wildman–Crippen LogP) is 5.10. The van der Waals surface area contributed by atoms with E-state index in [1.807, 2.05) is 18.2 Å². The number of nitrogens with zero attached hydrogens (tertiary/aromatic N) is 3. The van der Waals surface area contributed by atoms with Crippen molar-refractivity contribution in [2.45, 2.75) is 68.0 Å². The summed E-state index contributed by atoms with van der Waals surface area (Å²) in [5, 5.41) is 0. The number of aryl methyl sites for hydroxylation is 1. The first-order valence-corrected chi connectivity index (χ1v) is 16.2. The normalized spacial score (nSPS) is 21.8. The van der Waals surface area contributed by atoms with Crippen molar-refractivity contribution in [3.8, 4) is 0 Å². The minimum Gasteiger partial charge on any atom is -0.408 e. The maximum absolute atomic E-state index is 13.2. The van der Waals surface area contributed by atoms with Gasteiger partial charge in [0.05, 0.1) is 21.4 Å². The highest BCUT2D eigenvalue weighted by Crippen LogP contribution is 2.42. The van der Waals surface area contributed by atoms with Gasteiger partial charge in [-0.05, 0) is 81.3 Å². The van der Waals surface area contributed by atoms with Crippen LogP contribution in [-0.2, 0) is 10.0 Å². The van der Waals surface area contributed by atoms with Gasteiger partial charge in [0.2, 0.25) is 10.0 Å². The van der Waals surface area contributed by atoms with Gasteiger partial charge in [-0.1, -0.05) is 42.5 Å². The molecule has 0 aliphatic carbocycles. The Bertz CT molecular complexity index is 1880. The third-order valence-electron chi connectivity index (χ3n) is 9.23. The highest BCUT2D eigenvalue weighted by atomic mass is 32.2. The zero-order valence-corrected chi connectivity index (χ0v) is 24.4. The molecule has 2 bridgehead atoms. The molecular formula is C32H35N5O4S. The summed E-state index contributed by atoms with van der Waals surface area (Å²) in [7, 11) is -3.80. The molecule has 2 fully saturated rings. The van der Waals surface area contributed by atoms with Gasteiger partial charge >= 0.3 is 5.76 Å². The van der Waals surface area contributed by atoms with Crippen LogP contribution in [-0.4, -0.2) is 53.0 Å². The molecule has 2 aliphatic rings. The van der Waals surface area contributed by atoms with Crippen LogP contribution in [0.25, 0.3) is 22.1 Å². The summed E-state index contributed by atoms with van der Waals surface area (Å²) in [6.07, 6.45) is 5.47. The average molecular weight is 586 g/mol. The average Bonchev–Trinajstić information content (AvgIpc) is 3.61. The Morgan fingerprint density at radius 2 is 1.74 bits per heavy atom. The predicted molar refractivity (Wildman–Crippen MR) is 162 cm³/mol. The fourth-order valence-corrected chi connectivity index (χ4v) is 8.35. The Morgan fingerprint density at radius 1 is 1.00 bits per heavy atom. The zero-order valence-electron chi connectivity index (χ0n) is 23.6. The molecule has 0 amide bonds. The van der Waals surface area contributed by atoms with Crippen molar-refractivity contribution in [1.82, 2.24) is 24.2 Å². The number of nitrogens with one attached hydrogen (secondary N) is 2. The van der Waals surface area contributed by atoms with Gasteiger partial charge in [-0.2, -0.15) is 0 Å². The number of para-hydroxylation sites is 2. The van der Waals surface area contributed by atoms with Gasteiger partial charge in [-0.25, -0.2) is 22.9 Å². The topological polar surface area (TPSA) is 113 Å². The number of sulfonamides is 1. The fraction of sp³-hybridized carbons (Fsp3) is 0.375. The molecule has 2 unspecified atom stereocenters. The molecule has 9 nitrogen and oxygen atoms in total. The Labute approximate surface area is 244 Å². The molecule has 10 heteroatoms. The van der Waals surface area contributed by atoms with E-state index in [1.54, 1.807) is 6.07 Å². The lowest BCUT2D eigenvalue weighted by Crippen LogP contribution is -2.44. The van der Waals surface area contributed by atoms with E-state index in [2.05, 4.69) is 62.5 Å². The molecule has 3 aromatic carbocycles. The van der Waals surface area contributed by atoms with E-state index in [-0.39, 0.29) is 22.9 Å². The number of rotatable bonds is 9. The van der Waals surface area contributed by atoms with E-state index in [0.29, 0.717) is 23.6 Å². The zero-order chi connectivity index (χ0) is 28.8. The molecule has 2 saturated heterocycles. The molecule has 0 spiro atoms. The van der Waals surface area contributed by atoms with Crippen LogP contribution in [0.15, 0.2) is 86.9 Å². The van der Waals surface area contributed by atoms with Gasteiger partial charge in [0.15, 0.2) is 5.58 Å². The molecule has 0 radical (unpaired) electrons. The Morgan fingerprint density at radius 3 is 2.52 bits per heavy atom. The summed E-state index contributed by atoms with van der Waals surface area (Å²) in [4.78, 5) is 21.6. The lowest BCUT2D eigenvalue weighted by Gasteiger charge is -2.40. The van der Waals surface area contributed by atoms with Crippen molar-refractivity contribution in [3.63, 3.8) is 0 Å². The summed E-state index contributed by atoms with van der Waals surface area (Å²) in [6.45, 7) is 3.33. The van der Waals surface area contributed by atoms with Crippen LogP contribution >= 0.6 is 0 Å². The largest absolute Gasteiger partial charge is 0.417 e. The van der Waals surface area contributed by atoms with Crippen LogP contribution in [0.5, 0.6) is 0 Å². The van der Waals surface area contributed by atoms with Crippen molar-refractivity contribution < 1.29 is 12.8 Å². The minimum atomic E-state index is -3.80. The van der Waals surface area contributed by atoms with Crippen molar-refractivity contribution in [2.24, 2.45) is 0 Å². The number of hydrogen-bond donors (Lipinski definition) is 2. The van der Waals surface area contributed by atoms with E-state index in [1.165, 1.54) is 30.5 Å². The number of benzene rings is 3. The fourth-order valence-electron chi connectivity index (χ4n) is 7.25. The number of aromatic amines is 1. The maximum Gasteiger partial charge on any atom is 0.417 e. The van der Waals surface area contributed by atoms with Crippen LogP contribution in [0.1, 0.15) is 55.5 Å². The SMILES string of the molecule is Cc1nc2ccccc2n1C1C[C@H]2CC[C@@H](C1)N2CCC(CNS(=O)(=O)c1ccc2[nH]c(=O)oc2c1)c1ccccc1. The summed E-state index contributed by atoms with van der Waals surface area (Å²) in [5.74, 6) is 0.498. The van der Waals surface area contributed by atoms with Crippen LogP contribution in [0, 0.1) is 6.92 Å². The van der Waals surface area contributed by atoms with Gasteiger partial charge in [0.25, 0.3) is 0 Å². The summed E-state index contributed by atoms with van der Waals surface area (Å²) < 4.78 is 36.9. The van der Waals surface area contributed by atoms with Crippen LogP contribution in [0.4, 0.5) is 0 Å². The molecule has 7 rings (SSSR count). The van der Waals surface area contributed by atoms with Crippen LogP contribution in [0.2, 0.25) is 0 Å². The first-order valence-electron chi connectivity index (χ1n) is 14.7. The van der Waals surface area contributed by atoms with E-state index < -0.39 is 15.8 Å². The van der Waals surface area contributed by atoms with Crippen molar-refractivity contribution in [3.05, 3.63) is 94.7 Å². The van der Waals surface area contributed by atoms with Crippen LogP contribution in [0.3, 0.4) is 0 Å². The summed E-state index contributed by atoms with van der Waals surface area (Å²) in [5.41, 5.74) is 4.10. The molecule has 5 aromatic rings. The monoisotopic (exact) mass is 585 g/mol. The number of piperidine rings is 1. The van der Waals surface area contributed by atoms with Crippen LogP contribution < -0.4 is 10.5 Å². The lowest BCUT2D eigenvalue weighted by molar-refractivity contribution is 0.104. The quantitative estimate of drug-likeness (QED) is 0.249. The molecule has 4 atom stereocenters. The van der Waals surface area contributed by atoms with Gasteiger partial charge < -0.3 is 8.98 Å². The molecule has 42 heavy (non-hydrogen) atoms. The number of oxazole rings is 1. The number of fused-ring (bicyclic) bond motifs is 4. The minimum absolute atomic E-state index is 0.0202. The highest BCUT2D eigenvalue weighted by Gasteiger charge is 2.41. The molecule has 4 heterocycles. The smallest absolute Gasteiger partial charge is 0.408 e. The maximum atomic E-state index is 13.2. The molecule has 0 saturated carbocycles. The van der Waals surface area contributed by atoms with Gasteiger partial charge in [0.1, 0.15) is 5.82 Å². The van der Waals surface area contributed by atoms with Gasteiger partial charge in [-0.15, -0.1) is 0 Å². The highest BCUT2D eigenvalue weighted by molar-refractivity contribution is 7.89. The van der Waals surface area contributed by atoms with E-state index in [0.717, 1.165) is 42.7 Å². The first-order chi connectivity index (χ1) is 20.4. The molecular weight excluding hydrogens is 550 g/mol. The second kappa shape index (κ2) is 10.8. The van der Waals surface area contributed by atoms with E-state index >= 15 is 0 Å². The second-order valence-corrected chi connectivity index (χ2v) is 13.5. The van der Waals surface area contributed by atoms with Crippen molar-refractivity contribution >= 4 is 32.2 Å². The third-order valence-corrected chi connectivity index (χ3v) is 10.6. The molecule has 2 N–H and O–H groups in total. The number of aromatic nitrogens is 3. The Hall–Kier alpha value is -3.73. The van der Waals surface area contributed by atoms with E-state index in [9.17, 15) is 13.2 Å². The van der Waals surface area contributed by atoms with Crippen molar-refractivity contribution in [1.29, 1.82) is 0 Å². The number of imidazole rings is 1. The van der Waals surface area contributed by atoms with Crippen molar-refractivity contribution in [2.75, 3.05) is 13.1 Å². The molecule has 2 aliphatic heterocycles. The number of H-pyrrole nitrogens is 1. The Balaban J connectivity index is 1.05. The van der Waals surface area contributed by atoms with Gasteiger partial charge in [-0.3, -0.25) is 9.88 Å². The first kappa shape index (κ1) is 27.1. The summed E-state index contributed by atoms with van der Waals surface area (Å²) >= 11 is 0. The molecule has 2 aromatic heterocycles. The number of hydrogen-bond acceptors (Lipinski definition) is 6. The lowest BCUT2D eigenvalue weighted by atomic mass is 9.93. The Kier molecular flexibility index (Phi) is 7.00. The van der Waals surface area contributed by atoms with E-state index in [4.69, 9.17) is 9.40 Å².